The third kappa shape index (κ3) is 5.90. The molecular weight excluding hydrogens is 367 g/mol. The van der Waals surface area contributed by atoms with Gasteiger partial charge < -0.3 is 19.1 Å². The van der Waals surface area contributed by atoms with Gasteiger partial charge in [0, 0.05) is 40.3 Å². The maximum absolute atomic E-state index is 6.48. The van der Waals surface area contributed by atoms with Gasteiger partial charge in [0.2, 0.25) is 5.96 Å². The highest BCUT2D eigenvalue weighted by Crippen LogP contribution is 2.57. The number of nitrogens with zero attached hydrogens (tertiary/aromatic N) is 4. The number of guanidine groups is 1. The number of likely N-dealkylation sites (N-methyl/N-ethyl adjacent to an activating group) is 2. The Morgan fingerprint density at radius 2 is 1.81 bits per heavy atom. The van der Waals surface area contributed by atoms with Crippen molar-refractivity contribution in [3.63, 3.8) is 0 Å². The first-order valence-electron chi connectivity index (χ1n) is 9.64. The fourth-order valence-corrected chi connectivity index (χ4v) is 7.08. The van der Waals surface area contributed by atoms with E-state index in [2.05, 4.69) is 70.1 Å². The van der Waals surface area contributed by atoms with Crippen LogP contribution in [0.15, 0.2) is 4.76 Å². The molecule has 0 spiro atoms. The SMILES string of the molecule is CC(C)C[C@@H]1CN(P(=S)(N=C2N(C)CCN2C)OC(C)(C)C)C[C@H](C)O1. The predicted octanol–water partition coefficient (Wildman–Crippen LogP) is 3.39. The van der Waals surface area contributed by atoms with Crippen molar-refractivity contribution >= 4 is 24.3 Å². The number of morpholine rings is 1. The Kier molecular flexibility index (Phi) is 7.17. The van der Waals surface area contributed by atoms with E-state index in [4.69, 9.17) is 25.8 Å². The number of hydrogen-bond acceptors (Lipinski definition) is 3. The Morgan fingerprint density at radius 3 is 2.31 bits per heavy atom. The van der Waals surface area contributed by atoms with Crippen molar-refractivity contribution in [2.75, 3.05) is 40.3 Å². The van der Waals surface area contributed by atoms with Crippen molar-refractivity contribution in [2.45, 2.75) is 65.8 Å². The molecule has 0 aromatic heterocycles. The molecule has 26 heavy (non-hydrogen) atoms. The molecule has 3 atom stereocenters. The third-order valence-corrected chi connectivity index (χ3v) is 7.88. The minimum Gasteiger partial charge on any atom is -0.373 e. The van der Waals surface area contributed by atoms with Gasteiger partial charge in [-0.25, -0.2) is 4.67 Å². The summed E-state index contributed by atoms with van der Waals surface area (Å²) in [5.41, 5.74) is -0.343. The Labute approximate surface area is 165 Å². The summed E-state index contributed by atoms with van der Waals surface area (Å²) in [4.78, 5) is 4.34. The smallest absolute Gasteiger partial charge is 0.251 e. The minimum atomic E-state index is -2.57. The van der Waals surface area contributed by atoms with E-state index in [1.165, 1.54) is 0 Å². The van der Waals surface area contributed by atoms with Crippen LogP contribution >= 0.6 is 6.57 Å². The van der Waals surface area contributed by atoms with Gasteiger partial charge in [-0.2, -0.15) is 4.76 Å². The predicted molar refractivity (Wildman–Crippen MR) is 113 cm³/mol. The van der Waals surface area contributed by atoms with Gasteiger partial charge in [0.1, 0.15) is 0 Å². The second kappa shape index (κ2) is 8.44. The van der Waals surface area contributed by atoms with E-state index in [-0.39, 0.29) is 17.8 Å². The largest absolute Gasteiger partial charge is 0.373 e. The molecule has 2 aliphatic heterocycles. The Bertz CT molecular complexity index is 550. The van der Waals surface area contributed by atoms with E-state index < -0.39 is 6.57 Å². The monoisotopic (exact) mass is 404 g/mol. The molecule has 2 rings (SSSR count). The molecule has 8 heteroatoms. The maximum Gasteiger partial charge on any atom is 0.251 e. The zero-order valence-corrected chi connectivity index (χ0v) is 19.4. The fraction of sp³-hybridized carbons (Fsp3) is 0.944. The van der Waals surface area contributed by atoms with Crippen molar-refractivity contribution in [3.8, 4) is 0 Å². The van der Waals surface area contributed by atoms with Crippen LogP contribution in [0.3, 0.4) is 0 Å². The first kappa shape index (κ1) is 22.1. The van der Waals surface area contributed by atoms with E-state index in [1.54, 1.807) is 0 Å². The van der Waals surface area contributed by atoms with Crippen LogP contribution in [0.5, 0.6) is 0 Å². The normalized spacial score (nSPS) is 28.0. The molecule has 0 amide bonds. The second-order valence-corrected chi connectivity index (χ2v) is 12.4. The van der Waals surface area contributed by atoms with Gasteiger partial charge in [-0.15, -0.1) is 0 Å². The second-order valence-electron chi connectivity index (χ2n) is 9.01. The van der Waals surface area contributed by atoms with Crippen LogP contribution in [0.4, 0.5) is 0 Å². The molecular formula is C18H37N4O2PS. The Hall–Kier alpha value is -0.200. The van der Waals surface area contributed by atoms with Gasteiger partial charge >= 0.3 is 0 Å². The molecule has 0 N–H and O–H groups in total. The molecule has 0 radical (unpaired) electrons. The summed E-state index contributed by atoms with van der Waals surface area (Å²) < 4.78 is 20.0. The summed E-state index contributed by atoms with van der Waals surface area (Å²) in [5.74, 6) is 1.53. The van der Waals surface area contributed by atoms with Gasteiger partial charge in [0.15, 0.2) is 0 Å². The number of rotatable bonds is 5. The highest BCUT2D eigenvalue weighted by molar-refractivity contribution is 8.10. The van der Waals surface area contributed by atoms with E-state index in [0.717, 1.165) is 38.6 Å². The summed E-state index contributed by atoms with van der Waals surface area (Å²) in [6.45, 7) is 13.7. The standard InChI is InChI=1S/C18H37N4O2PS/c1-14(2)11-16-13-22(12-15(3)23-16)25(26,24-18(4,5)6)19-17-20(7)9-10-21(17)8/h14-16H,9-13H2,1-8H3/t15-,16+,25?/m0/s1. The lowest BCUT2D eigenvalue weighted by Crippen LogP contribution is -2.46. The molecule has 0 aromatic carbocycles. The summed E-state index contributed by atoms with van der Waals surface area (Å²) in [5, 5.41) is 0. The topological polar surface area (TPSA) is 40.5 Å². The first-order valence-corrected chi connectivity index (χ1v) is 12.3. The maximum atomic E-state index is 6.48. The average molecular weight is 405 g/mol. The lowest BCUT2D eigenvalue weighted by Gasteiger charge is -2.43. The molecule has 0 aliphatic carbocycles. The molecule has 0 bridgehead atoms. The molecule has 2 fully saturated rings. The zero-order valence-electron chi connectivity index (χ0n) is 17.7. The van der Waals surface area contributed by atoms with Crippen molar-refractivity contribution < 1.29 is 9.26 Å². The van der Waals surface area contributed by atoms with E-state index in [9.17, 15) is 0 Å². The van der Waals surface area contributed by atoms with Crippen molar-refractivity contribution in [2.24, 2.45) is 10.7 Å². The van der Waals surface area contributed by atoms with Crippen LogP contribution in [0.25, 0.3) is 0 Å². The molecule has 152 valence electrons. The van der Waals surface area contributed by atoms with Crippen LogP contribution in [0.2, 0.25) is 0 Å². The first-order chi connectivity index (χ1) is 11.9. The van der Waals surface area contributed by atoms with E-state index >= 15 is 0 Å². The summed E-state index contributed by atoms with van der Waals surface area (Å²) >= 11 is 6.15. The van der Waals surface area contributed by atoms with Crippen molar-refractivity contribution in [1.29, 1.82) is 0 Å². The van der Waals surface area contributed by atoms with Crippen LogP contribution in [-0.2, 0) is 21.1 Å². The number of ether oxygens (including phenoxy) is 1. The van der Waals surface area contributed by atoms with Gasteiger partial charge in [0.05, 0.1) is 17.8 Å². The number of hydrogen-bond donors (Lipinski definition) is 0. The Morgan fingerprint density at radius 1 is 1.23 bits per heavy atom. The zero-order chi connectivity index (χ0) is 19.7. The molecule has 1 unspecified atom stereocenters. The molecule has 6 nitrogen and oxygen atoms in total. The third-order valence-electron chi connectivity index (χ3n) is 4.46. The highest BCUT2D eigenvalue weighted by Gasteiger charge is 2.39. The summed E-state index contributed by atoms with van der Waals surface area (Å²) in [6, 6.07) is 0. The average Bonchev–Trinajstić information content (AvgIpc) is 2.76. The fourth-order valence-electron chi connectivity index (χ4n) is 3.44. The van der Waals surface area contributed by atoms with Crippen LogP contribution < -0.4 is 0 Å². The summed E-state index contributed by atoms with van der Waals surface area (Å²) in [6.07, 6.45) is 1.35. The van der Waals surface area contributed by atoms with Crippen LogP contribution in [0.1, 0.15) is 48.0 Å². The lowest BCUT2D eigenvalue weighted by molar-refractivity contribution is -0.0649. The van der Waals surface area contributed by atoms with Gasteiger partial charge in [-0.3, -0.25) is 0 Å². The quantitative estimate of drug-likeness (QED) is 0.654. The Balaban J connectivity index is 2.34. The van der Waals surface area contributed by atoms with Gasteiger partial charge in [-0.1, -0.05) is 13.8 Å². The van der Waals surface area contributed by atoms with E-state index in [0.29, 0.717) is 5.92 Å². The molecule has 0 aromatic rings. The van der Waals surface area contributed by atoms with Crippen molar-refractivity contribution in [3.05, 3.63) is 0 Å². The lowest BCUT2D eigenvalue weighted by atomic mass is 10.0. The molecule has 2 saturated heterocycles. The van der Waals surface area contributed by atoms with Gasteiger partial charge in [0.25, 0.3) is 6.57 Å². The van der Waals surface area contributed by atoms with Crippen LogP contribution in [0, 0.1) is 5.92 Å². The molecule has 2 aliphatic rings. The van der Waals surface area contributed by atoms with E-state index in [1.807, 2.05) is 0 Å². The van der Waals surface area contributed by atoms with Gasteiger partial charge in [-0.05, 0) is 51.8 Å². The minimum absolute atomic E-state index is 0.137. The van der Waals surface area contributed by atoms with Crippen molar-refractivity contribution in [1.82, 2.24) is 14.5 Å². The van der Waals surface area contributed by atoms with Crippen LogP contribution in [-0.4, -0.2) is 78.5 Å². The highest BCUT2D eigenvalue weighted by atomic mass is 32.4. The molecule has 0 saturated carbocycles. The molecule has 2 heterocycles. The summed E-state index contributed by atoms with van der Waals surface area (Å²) in [7, 11) is 4.14.